The summed E-state index contributed by atoms with van der Waals surface area (Å²) in [5.41, 5.74) is 10.6. The summed E-state index contributed by atoms with van der Waals surface area (Å²) in [7, 11) is 0. The van der Waals surface area contributed by atoms with Crippen LogP contribution in [0.15, 0.2) is 0 Å². The van der Waals surface area contributed by atoms with Crippen LogP contribution in [-0.4, -0.2) is 33.5 Å². The molecule has 1 heterocycles. The van der Waals surface area contributed by atoms with Crippen LogP contribution in [0.2, 0.25) is 0 Å². The van der Waals surface area contributed by atoms with Crippen molar-refractivity contribution in [1.29, 1.82) is 0 Å². The Balaban J connectivity index is 0.00000144. The molecule has 0 aliphatic rings. The molecule has 1 rings (SSSR count). The summed E-state index contributed by atoms with van der Waals surface area (Å²) in [4.78, 5) is 0. The number of nitrogens with two attached hydrogens (primary N) is 2. The maximum atomic E-state index is 5.30. The molecule has 6 nitrogen and oxygen atoms in total. The van der Waals surface area contributed by atoms with Gasteiger partial charge in [-0.15, -0.1) is 32.8 Å². The molecular weight excluding hydrogens is 192 g/mol. The molecule has 0 aliphatic carbocycles. The fraction of sp³-hybridized carbons (Fsp3) is 0.667. The van der Waals surface area contributed by atoms with Gasteiger partial charge in [-0.25, -0.2) is 0 Å². The van der Waals surface area contributed by atoms with Crippen LogP contribution in [0.25, 0.3) is 0 Å². The first-order valence-corrected chi connectivity index (χ1v) is 3.82. The molecule has 0 unspecified atom stereocenters. The van der Waals surface area contributed by atoms with Gasteiger partial charge in [-0.3, -0.25) is 0 Å². The van der Waals surface area contributed by atoms with E-state index in [1.165, 1.54) is 0 Å². The van der Waals surface area contributed by atoms with Gasteiger partial charge in [0, 0.05) is 12.8 Å². The van der Waals surface area contributed by atoms with E-state index in [4.69, 9.17) is 11.5 Å². The van der Waals surface area contributed by atoms with Gasteiger partial charge in [0.1, 0.15) is 0 Å². The van der Waals surface area contributed by atoms with Gasteiger partial charge in [-0.1, -0.05) is 0 Å². The smallest absolute Gasteiger partial charge is 0.174 e. The fourth-order valence-electron chi connectivity index (χ4n) is 0.729. The summed E-state index contributed by atoms with van der Waals surface area (Å²) >= 11 is 0. The largest absolute Gasteiger partial charge is 0.330 e. The maximum Gasteiger partial charge on any atom is 0.174 e. The van der Waals surface area contributed by atoms with Gasteiger partial charge in [0.05, 0.1) is 0 Å². The Labute approximate surface area is 82.5 Å². The number of nitrogens with zero attached hydrogens (tertiary/aromatic N) is 4. The molecule has 1 aromatic heterocycles. The van der Waals surface area contributed by atoms with Crippen molar-refractivity contribution in [2.24, 2.45) is 11.5 Å². The maximum absolute atomic E-state index is 5.30. The Morgan fingerprint density at radius 3 is 1.31 bits per heavy atom. The molecular formula is C6H13ClN6. The van der Waals surface area contributed by atoms with Crippen LogP contribution in [0.4, 0.5) is 0 Å². The molecule has 0 aromatic carbocycles. The van der Waals surface area contributed by atoms with Gasteiger partial charge in [-0.2, -0.15) is 0 Å². The topological polar surface area (TPSA) is 104 Å². The summed E-state index contributed by atoms with van der Waals surface area (Å²) in [5.74, 6) is 1.16. The van der Waals surface area contributed by atoms with E-state index >= 15 is 0 Å². The molecule has 0 amide bonds. The van der Waals surface area contributed by atoms with Gasteiger partial charge in [0.25, 0.3) is 0 Å². The molecule has 0 atom stereocenters. The first kappa shape index (κ1) is 12.2. The van der Waals surface area contributed by atoms with Crippen LogP contribution in [0, 0.1) is 0 Å². The van der Waals surface area contributed by atoms with Crippen LogP contribution >= 0.6 is 12.4 Å². The van der Waals surface area contributed by atoms with Crippen molar-refractivity contribution in [1.82, 2.24) is 20.4 Å². The van der Waals surface area contributed by atoms with Crippen LogP contribution in [0.5, 0.6) is 0 Å². The molecule has 0 bridgehead atoms. The summed E-state index contributed by atoms with van der Waals surface area (Å²) in [5, 5.41) is 15.3. The van der Waals surface area contributed by atoms with Crippen LogP contribution < -0.4 is 11.5 Å². The summed E-state index contributed by atoms with van der Waals surface area (Å²) in [6.45, 7) is 1.03. The molecule has 13 heavy (non-hydrogen) atoms. The molecule has 74 valence electrons. The quantitative estimate of drug-likeness (QED) is 0.631. The lowest BCUT2D eigenvalue weighted by Crippen LogP contribution is -2.13. The van der Waals surface area contributed by atoms with E-state index in [0.717, 1.165) is 0 Å². The van der Waals surface area contributed by atoms with Gasteiger partial charge < -0.3 is 11.5 Å². The first-order valence-electron chi connectivity index (χ1n) is 3.82. The minimum absolute atomic E-state index is 0. The van der Waals surface area contributed by atoms with E-state index in [2.05, 4.69) is 20.4 Å². The predicted octanol–water partition coefficient (Wildman–Crippen LogP) is -1.31. The second kappa shape index (κ2) is 6.64. The standard InChI is InChI=1S/C6H12N6.ClH/c7-3-1-5-9-11-6(2-4-8)12-10-5;/h1-4,7-8H2;1H. The van der Waals surface area contributed by atoms with Gasteiger partial charge in [-0.05, 0) is 13.1 Å². The molecule has 0 saturated carbocycles. The van der Waals surface area contributed by atoms with Crippen molar-refractivity contribution in [3.63, 3.8) is 0 Å². The van der Waals surface area contributed by atoms with Gasteiger partial charge in [0.15, 0.2) is 11.6 Å². The van der Waals surface area contributed by atoms with Crippen molar-refractivity contribution < 1.29 is 0 Å². The molecule has 0 aliphatic heterocycles. The zero-order valence-electron chi connectivity index (χ0n) is 7.18. The van der Waals surface area contributed by atoms with Crippen LogP contribution in [0.1, 0.15) is 11.6 Å². The highest BCUT2D eigenvalue weighted by atomic mass is 35.5. The van der Waals surface area contributed by atoms with Gasteiger partial charge in [0.2, 0.25) is 0 Å². The lowest BCUT2D eigenvalue weighted by Gasteiger charge is -1.96. The Bertz CT molecular complexity index is 200. The Kier molecular flexibility index (Phi) is 6.21. The average molecular weight is 205 g/mol. The van der Waals surface area contributed by atoms with Gasteiger partial charge >= 0.3 is 0 Å². The third-order valence-electron chi connectivity index (χ3n) is 1.30. The molecule has 0 saturated heterocycles. The van der Waals surface area contributed by atoms with Crippen molar-refractivity contribution >= 4 is 12.4 Å². The minimum atomic E-state index is 0. The predicted molar refractivity (Wildman–Crippen MR) is 50.4 cm³/mol. The summed E-state index contributed by atoms with van der Waals surface area (Å²) in [6.07, 6.45) is 1.23. The van der Waals surface area contributed by atoms with E-state index in [9.17, 15) is 0 Å². The highest BCUT2D eigenvalue weighted by molar-refractivity contribution is 5.85. The van der Waals surface area contributed by atoms with Crippen molar-refractivity contribution in [2.45, 2.75) is 12.8 Å². The first-order chi connectivity index (χ1) is 5.86. The zero-order chi connectivity index (χ0) is 8.81. The van der Waals surface area contributed by atoms with E-state index in [1.54, 1.807) is 0 Å². The monoisotopic (exact) mass is 204 g/mol. The Hall–Kier alpha value is -0.850. The highest BCUT2D eigenvalue weighted by Crippen LogP contribution is 1.87. The van der Waals surface area contributed by atoms with E-state index < -0.39 is 0 Å². The third-order valence-corrected chi connectivity index (χ3v) is 1.30. The Morgan fingerprint density at radius 2 is 1.08 bits per heavy atom. The van der Waals surface area contributed by atoms with Crippen molar-refractivity contribution in [2.75, 3.05) is 13.1 Å². The second-order valence-electron chi connectivity index (χ2n) is 2.31. The van der Waals surface area contributed by atoms with E-state index in [1.807, 2.05) is 0 Å². The Morgan fingerprint density at radius 1 is 0.769 bits per heavy atom. The molecule has 0 radical (unpaired) electrons. The molecule has 1 aromatic rings. The zero-order valence-corrected chi connectivity index (χ0v) is 8.00. The fourth-order valence-corrected chi connectivity index (χ4v) is 0.729. The third kappa shape index (κ3) is 4.07. The molecule has 0 spiro atoms. The summed E-state index contributed by atoms with van der Waals surface area (Å²) in [6, 6.07) is 0. The number of rotatable bonds is 4. The molecule has 7 heteroatoms. The lowest BCUT2D eigenvalue weighted by molar-refractivity contribution is 0.689. The van der Waals surface area contributed by atoms with E-state index in [0.29, 0.717) is 37.6 Å². The number of hydrogen-bond donors (Lipinski definition) is 2. The highest BCUT2D eigenvalue weighted by Gasteiger charge is 1.98. The van der Waals surface area contributed by atoms with Crippen molar-refractivity contribution in [3.05, 3.63) is 11.6 Å². The SMILES string of the molecule is Cl.NCCc1nnc(CCN)nn1. The molecule has 0 fully saturated rings. The second-order valence-corrected chi connectivity index (χ2v) is 2.31. The van der Waals surface area contributed by atoms with E-state index in [-0.39, 0.29) is 12.4 Å². The lowest BCUT2D eigenvalue weighted by atomic mass is 10.4. The summed E-state index contributed by atoms with van der Waals surface area (Å²) < 4.78 is 0. The van der Waals surface area contributed by atoms with Crippen LogP contribution in [0.3, 0.4) is 0 Å². The number of halogens is 1. The van der Waals surface area contributed by atoms with Crippen LogP contribution in [-0.2, 0) is 12.8 Å². The average Bonchev–Trinajstić information content (AvgIpc) is 2.09. The number of aromatic nitrogens is 4. The number of hydrogen-bond acceptors (Lipinski definition) is 6. The normalized spacial score (nSPS) is 9.38. The minimum Gasteiger partial charge on any atom is -0.330 e. The van der Waals surface area contributed by atoms with Crippen molar-refractivity contribution in [3.8, 4) is 0 Å². The molecule has 4 N–H and O–H groups in total.